The van der Waals surface area contributed by atoms with Gasteiger partial charge in [-0.3, -0.25) is 4.90 Å². The molecule has 1 unspecified atom stereocenters. The summed E-state index contributed by atoms with van der Waals surface area (Å²) in [6, 6.07) is 0.196. The largest absolute Gasteiger partial charge is 0.395 e. The summed E-state index contributed by atoms with van der Waals surface area (Å²) in [7, 11) is 2.06. The molecule has 1 aliphatic carbocycles. The highest BCUT2D eigenvalue weighted by Gasteiger charge is 2.37. The maximum atomic E-state index is 9.51. The van der Waals surface area contributed by atoms with Gasteiger partial charge in [0.2, 0.25) is 0 Å². The zero-order chi connectivity index (χ0) is 13.7. The van der Waals surface area contributed by atoms with Crippen molar-refractivity contribution in [2.75, 3.05) is 46.5 Å². The van der Waals surface area contributed by atoms with Crippen LogP contribution < -0.4 is 5.32 Å². The highest BCUT2D eigenvalue weighted by molar-refractivity contribution is 4.91. The lowest BCUT2D eigenvalue weighted by Crippen LogP contribution is -2.54. The summed E-state index contributed by atoms with van der Waals surface area (Å²) in [6.07, 6.45) is 5.31. The van der Waals surface area contributed by atoms with E-state index in [0.717, 1.165) is 32.2 Å². The van der Waals surface area contributed by atoms with Crippen LogP contribution in [0.4, 0.5) is 0 Å². The minimum atomic E-state index is 0.196. The monoisotopic (exact) mass is 270 g/mol. The fourth-order valence-electron chi connectivity index (χ4n) is 3.64. The molecule has 1 atom stereocenters. The minimum Gasteiger partial charge on any atom is -0.395 e. The van der Waals surface area contributed by atoms with Crippen LogP contribution in [-0.4, -0.2) is 62.6 Å². The van der Waals surface area contributed by atoms with Gasteiger partial charge in [0.05, 0.1) is 25.9 Å². The lowest BCUT2D eigenvalue weighted by molar-refractivity contribution is -0.0510. The molecule has 2 aliphatic rings. The van der Waals surface area contributed by atoms with Gasteiger partial charge < -0.3 is 15.2 Å². The Kier molecular flexibility index (Phi) is 5.63. The zero-order valence-corrected chi connectivity index (χ0v) is 12.5. The molecule has 4 nitrogen and oxygen atoms in total. The summed E-state index contributed by atoms with van der Waals surface area (Å²) >= 11 is 0. The van der Waals surface area contributed by atoms with E-state index in [4.69, 9.17) is 4.74 Å². The average molecular weight is 270 g/mol. The molecule has 0 amide bonds. The normalized spacial score (nSPS) is 37.4. The standard InChI is InChI=1S/C15H30N2O2/c1-13-3-5-15(6-4-13,11-16-2)12-17-7-8-19-10-14(17)9-18/h13-14,16,18H,3-12H2,1-2H3. The number of aliphatic hydroxyl groups is 1. The Hall–Kier alpha value is -0.160. The number of aliphatic hydroxyl groups excluding tert-OH is 1. The number of hydrogen-bond acceptors (Lipinski definition) is 4. The molecule has 2 fully saturated rings. The van der Waals surface area contributed by atoms with Crippen molar-refractivity contribution in [1.29, 1.82) is 0 Å². The van der Waals surface area contributed by atoms with E-state index in [2.05, 4.69) is 24.2 Å². The van der Waals surface area contributed by atoms with Crippen LogP contribution in [0, 0.1) is 11.3 Å². The lowest BCUT2D eigenvalue weighted by atomic mass is 9.70. The van der Waals surface area contributed by atoms with Gasteiger partial charge in [-0.05, 0) is 31.2 Å². The molecule has 1 saturated carbocycles. The van der Waals surface area contributed by atoms with Gasteiger partial charge in [-0.25, -0.2) is 0 Å². The number of ether oxygens (including phenoxy) is 1. The van der Waals surface area contributed by atoms with Crippen molar-refractivity contribution in [3.05, 3.63) is 0 Å². The van der Waals surface area contributed by atoms with Crippen molar-refractivity contribution in [2.24, 2.45) is 11.3 Å². The third-order valence-corrected chi connectivity index (χ3v) is 4.99. The molecule has 19 heavy (non-hydrogen) atoms. The number of nitrogens with zero attached hydrogens (tertiary/aromatic N) is 1. The van der Waals surface area contributed by atoms with Crippen LogP contribution >= 0.6 is 0 Å². The van der Waals surface area contributed by atoms with Gasteiger partial charge in [-0.15, -0.1) is 0 Å². The molecular formula is C15H30N2O2. The quantitative estimate of drug-likeness (QED) is 0.785. The van der Waals surface area contributed by atoms with Gasteiger partial charge in [0, 0.05) is 19.6 Å². The van der Waals surface area contributed by atoms with Crippen molar-refractivity contribution in [3.8, 4) is 0 Å². The van der Waals surface area contributed by atoms with E-state index < -0.39 is 0 Å². The highest BCUT2D eigenvalue weighted by atomic mass is 16.5. The second-order valence-electron chi connectivity index (χ2n) is 6.59. The lowest BCUT2D eigenvalue weighted by Gasteiger charge is -2.45. The van der Waals surface area contributed by atoms with Gasteiger partial charge in [0.25, 0.3) is 0 Å². The summed E-state index contributed by atoms with van der Waals surface area (Å²) in [5.41, 5.74) is 0.395. The summed E-state index contributed by atoms with van der Waals surface area (Å²) in [6.45, 7) is 7.24. The fourth-order valence-corrected chi connectivity index (χ4v) is 3.64. The van der Waals surface area contributed by atoms with Crippen LogP contribution in [0.25, 0.3) is 0 Å². The zero-order valence-electron chi connectivity index (χ0n) is 12.5. The van der Waals surface area contributed by atoms with Crippen LogP contribution in [0.2, 0.25) is 0 Å². The fraction of sp³-hybridized carbons (Fsp3) is 1.00. The summed E-state index contributed by atoms with van der Waals surface area (Å²) in [5.74, 6) is 0.878. The van der Waals surface area contributed by atoms with Gasteiger partial charge in [-0.2, -0.15) is 0 Å². The first-order valence-corrected chi connectivity index (χ1v) is 7.76. The van der Waals surface area contributed by atoms with Gasteiger partial charge in [0.15, 0.2) is 0 Å². The molecule has 112 valence electrons. The molecule has 0 bridgehead atoms. The molecule has 1 aliphatic heterocycles. The average Bonchev–Trinajstić information content (AvgIpc) is 2.43. The van der Waals surface area contributed by atoms with E-state index in [1.54, 1.807) is 0 Å². The second kappa shape index (κ2) is 7.02. The molecule has 0 aromatic carbocycles. The smallest absolute Gasteiger partial charge is 0.0644 e. The Morgan fingerprint density at radius 3 is 2.74 bits per heavy atom. The first-order chi connectivity index (χ1) is 9.19. The van der Waals surface area contributed by atoms with E-state index in [1.165, 1.54) is 25.7 Å². The van der Waals surface area contributed by atoms with Crippen LogP contribution in [0.15, 0.2) is 0 Å². The van der Waals surface area contributed by atoms with Gasteiger partial charge in [0.1, 0.15) is 0 Å². The molecule has 4 heteroatoms. The number of morpholine rings is 1. The van der Waals surface area contributed by atoms with Gasteiger partial charge >= 0.3 is 0 Å². The highest BCUT2D eigenvalue weighted by Crippen LogP contribution is 2.39. The topological polar surface area (TPSA) is 44.7 Å². The summed E-state index contributed by atoms with van der Waals surface area (Å²) in [4.78, 5) is 2.46. The molecule has 2 N–H and O–H groups in total. The van der Waals surface area contributed by atoms with Crippen molar-refractivity contribution in [2.45, 2.75) is 38.6 Å². The molecular weight excluding hydrogens is 240 g/mol. The minimum absolute atomic E-state index is 0.196. The van der Waals surface area contributed by atoms with Crippen LogP contribution in [-0.2, 0) is 4.74 Å². The Labute approximate surface area is 117 Å². The Bertz CT molecular complexity index is 265. The Morgan fingerprint density at radius 1 is 1.37 bits per heavy atom. The predicted octanol–water partition coefficient (Wildman–Crippen LogP) is 1.10. The van der Waals surface area contributed by atoms with E-state index in [9.17, 15) is 5.11 Å². The van der Waals surface area contributed by atoms with Crippen LogP contribution in [0.1, 0.15) is 32.6 Å². The first-order valence-electron chi connectivity index (χ1n) is 7.76. The maximum Gasteiger partial charge on any atom is 0.0644 e. The molecule has 0 aromatic heterocycles. The Morgan fingerprint density at radius 2 is 2.11 bits per heavy atom. The second-order valence-corrected chi connectivity index (χ2v) is 6.59. The molecule has 2 rings (SSSR count). The van der Waals surface area contributed by atoms with E-state index in [0.29, 0.717) is 12.0 Å². The number of nitrogens with one attached hydrogen (secondary N) is 1. The molecule has 1 heterocycles. The number of rotatable bonds is 5. The van der Waals surface area contributed by atoms with E-state index in [-0.39, 0.29) is 12.6 Å². The predicted molar refractivity (Wildman–Crippen MR) is 77.3 cm³/mol. The SMILES string of the molecule is CNCC1(CN2CCOCC2CO)CCC(C)CC1. The van der Waals surface area contributed by atoms with Crippen LogP contribution in [0.5, 0.6) is 0 Å². The third kappa shape index (κ3) is 3.91. The third-order valence-electron chi connectivity index (χ3n) is 4.99. The Balaban J connectivity index is 1.98. The molecule has 0 aromatic rings. The molecule has 0 spiro atoms. The van der Waals surface area contributed by atoms with E-state index >= 15 is 0 Å². The molecule has 0 radical (unpaired) electrons. The molecule has 1 saturated heterocycles. The summed E-state index contributed by atoms with van der Waals surface area (Å²) < 4.78 is 5.49. The van der Waals surface area contributed by atoms with E-state index in [1.807, 2.05) is 0 Å². The van der Waals surface area contributed by atoms with Crippen molar-refractivity contribution in [3.63, 3.8) is 0 Å². The van der Waals surface area contributed by atoms with Crippen molar-refractivity contribution >= 4 is 0 Å². The van der Waals surface area contributed by atoms with Gasteiger partial charge in [-0.1, -0.05) is 19.8 Å². The maximum absolute atomic E-state index is 9.51. The van der Waals surface area contributed by atoms with Crippen molar-refractivity contribution < 1.29 is 9.84 Å². The summed E-state index contributed by atoms with van der Waals surface area (Å²) in [5, 5.41) is 12.9. The van der Waals surface area contributed by atoms with Crippen molar-refractivity contribution in [1.82, 2.24) is 10.2 Å². The first kappa shape index (κ1) is 15.2. The van der Waals surface area contributed by atoms with Crippen LogP contribution in [0.3, 0.4) is 0 Å². The number of hydrogen-bond donors (Lipinski definition) is 2.